The van der Waals surface area contributed by atoms with Crippen molar-refractivity contribution in [3.8, 4) is 73.2 Å². The number of hydrogen-bond acceptors (Lipinski definition) is 3. The second kappa shape index (κ2) is 20.9. The normalized spacial score (nSPS) is 12.0. The van der Waals surface area contributed by atoms with Gasteiger partial charge in [0.1, 0.15) is 17.3 Å². The third-order valence-corrected chi connectivity index (χ3v) is 16.7. The Morgan fingerprint density at radius 2 is 0.882 bits per heavy atom. The van der Waals surface area contributed by atoms with E-state index in [0.29, 0.717) is 11.5 Å². The van der Waals surface area contributed by atoms with E-state index < -0.39 is 0 Å². The van der Waals surface area contributed by atoms with Crippen LogP contribution in [-0.4, -0.2) is 20.8 Å². The van der Waals surface area contributed by atoms with E-state index >= 15 is 0 Å². The van der Waals surface area contributed by atoms with Crippen LogP contribution in [0.1, 0.15) is 0 Å². The fourth-order valence-electron chi connectivity index (χ4n) is 13.0. The quantitative estimate of drug-likeness (QED) is 0.0736. The number of rotatable bonds is 11. The molecule has 16 rings (SSSR count). The molecule has 0 atom stereocenters. The molecule has 12 aromatic carbocycles. The van der Waals surface area contributed by atoms with Crippen LogP contribution in [0.4, 0.5) is 17.1 Å². The number of hydrogen-bond donors (Lipinski definition) is 0. The van der Waals surface area contributed by atoms with Crippen LogP contribution >= 0.6 is 0 Å². The maximum Gasteiger partial charge on any atom is 0.269 e. The first-order valence-electron chi connectivity index (χ1n) is 28.9. The summed E-state index contributed by atoms with van der Waals surface area (Å²) in [6.07, 6.45) is 5.77. The zero-order valence-electron chi connectivity index (χ0n) is 46.2. The first-order valence-corrected chi connectivity index (χ1v) is 28.9. The molecule has 3 aromatic heterocycles. The molecule has 85 heavy (non-hydrogen) atoms. The molecule has 0 spiro atoms. The summed E-state index contributed by atoms with van der Waals surface area (Å²) in [4.78, 5) is 7.60. The highest BCUT2D eigenvalue weighted by molar-refractivity contribution is 6.99. The second-order valence-electron chi connectivity index (χ2n) is 21.6. The molecule has 6 nitrogen and oxygen atoms in total. The van der Waals surface area contributed by atoms with E-state index in [4.69, 9.17) is 9.72 Å². The van der Waals surface area contributed by atoms with E-state index in [1.165, 1.54) is 38.6 Å². The fraction of sp³-hybridized carbons (Fsp3) is 0. The standard InChI is InChI=1S/C78H52BN5O/c1-5-24-54(25-6-1)62-35-22-36-63(55-26-7-2-8-27-55)77(62)79-68-39-14-17-42-71(68)83(72-43-18-15-40-69(72)79)59-48-49-80-76(51-59)84-70-41-16-13-34-66(70)67-47-46-61(52-75(67)84)85-60-33-21-32-58(50-60)81-53-82(74-45-20-19-44-73(74)81)78-64(56-28-9-3-10-29-56)37-23-38-65(78)57-30-11-4-12-31-57/h1-52H. The summed E-state index contributed by atoms with van der Waals surface area (Å²) >= 11 is 0. The Hall–Kier alpha value is -11.3. The number of benzene rings is 12. The molecule has 0 N–H and O–H groups in total. The lowest BCUT2D eigenvalue weighted by molar-refractivity contribution is -0.571. The van der Waals surface area contributed by atoms with Crippen LogP contribution in [0.25, 0.3) is 94.5 Å². The molecule has 1 aliphatic rings. The summed E-state index contributed by atoms with van der Waals surface area (Å²) in [5.41, 5.74) is 22.4. The second-order valence-corrected chi connectivity index (χ2v) is 21.6. The Kier molecular flexibility index (Phi) is 12.2. The molecular formula is C78H52BN5O. The van der Waals surface area contributed by atoms with Gasteiger partial charge in [-0.05, 0) is 110 Å². The molecule has 0 radical (unpaired) electrons. The number of ether oxygens (including phenoxy) is 1. The van der Waals surface area contributed by atoms with Crippen molar-refractivity contribution in [2.24, 2.45) is 0 Å². The summed E-state index contributed by atoms with van der Waals surface area (Å²) < 4.78 is 13.6. The first-order chi connectivity index (χ1) is 42.2. The van der Waals surface area contributed by atoms with E-state index in [0.717, 1.165) is 89.3 Å². The molecule has 4 heterocycles. The van der Waals surface area contributed by atoms with Crippen molar-refractivity contribution in [3.63, 3.8) is 0 Å². The molecule has 7 heteroatoms. The lowest BCUT2D eigenvalue weighted by Gasteiger charge is -2.38. The van der Waals surface area contributed by atoms with Crippen molar-refractivity contribution < 1.29 is 9.30 Å². The SMILES string of the molecule is [c-]1n(-c2cccc(Oc3ccc4c5ccccc5n(-c5cc(N6c7ccccc7B(c7c(-c8ccccc8)cccc7-c7ccccc7)c7ccccc76)ccn5)c4c3)c2)c2ccccc2[n+]1-c1c(-c2ccccc2)cccc1-c1ccccc1. The largest absolute Gasteiger partial charge is 0.458 e. The van der Waals surface area contributed by atoms with Crippen LogP contribution < -0.4 is 30.6 Å². The summed E-state index contributed by atoms with van der Waals surface area (Å²) in [5.74, 6) is 2.21. The molecule has 0 amide bonds. The zero-order chi connectivity index (χ0) is 56.2. The highest BCUT2D eigenvalue weighted by Gasteiger charge is 2.38. The lowest BCUT2D eigenvalue weighted by atomic mass is 9.33. The van der Waals surface area contributed by atoms with Gasteiger partial charge in [-0.1, -0.05) is 248 Å². The molecule has 15 aromatic rings. The summed E-state index contributed by atoms with van der Waals surface area (Å²) in [7, 11) is 0. The van der Waals surface area contributed by atoms with Gasteiger partial charge in [0.15, 0.2) is 0 Å². The van der Waals surface area contributed by atoms with Crippen molar-refractivity contribution in [1.29, 1.82) is 0 Å². The predicted molar refractivity (Wildman–Crippen MR) is 350 cm³/mol. The van der Waals surface area contributed by atoms with Gasteiger partial charge in [0, 0.05) is 40.5 Å². The van der Waals surface area contributed by atoms with Crippen molar-refractivity contribution in [1.82, 2.24) is 14.1 Å². The molecular weight excluding hydrogens is 1030 g/mol. The highest BCUT2D eigenvalue weighted by atomic mass is 16.5. The third-order valence-electron chi connectivity index (χ3n) is 16.7. The summed E-state index contributed by atoms with van der Waals surface area (Å²) in [6, 6.07) is 110. The Bertz CT molecular complexity index is 4840. The smallest absolute Gasteiger partial charge is 0.269 e. The zero-order valence-corrected chi connectivity index (χ0v) is 46.2. The van der Waals surface area contributed by atoms with Crippen molar-refractivity contribution in [3.05, 3.63) is 322 Å². The van der Waals surface area contributed by atoms with Crippen LogP contribution in [-0.2, 0) is 0 Å². The highest BCUT2D eigenvalue weighted by Crippen LogP contribution is 2.41. The number of fused-ring (bicyclic) bond motifs is 6. The number of anilines is 3. The van der Waals surface area contributed by atoms with Crippen LogP contribution in [0.2, 0.25) is 0 Å². The summed E-state index contributed by atoms with van der Waals surface area (Å²) in [6.45, 7) is -0.0688. The van der Waals surface area contributed by atoms with Gasteiger partial charge >= 0.3 is 0 Å². The average molecular weight is 1090 g/mol. The third kappa shape index (κ3) is 8.60. The van der Waals surface area contributed by atoms with Crippen LogP contribution in [0.15, 0.2) is 316 Å². The minimum atomic E-state index is -0.0688. The topological polar surface area (TPSA) is 39.1 Å². The Labute approximate surface area is 493 Å². The van der Waals surface area contributed by atoms with Gasteiger partial charge in [0.05, 0.1) is 39.1 Å². The minimum absolute atomic E-state index is 0.0688. The maximum atomic E-state index is 6.93. The van der Waals surface area contributed by atoms with Crippen LogP contribution in [0.5, 0.6) is 11.5 Å². The Morgan fingerprint density at radius 1 is 0.376 bits per heavy atom. The fourth-order valence-corrected chi connectivity index (χ4v) is 13.0. The molecule has 0 unspecified atom stereocenters. The van der Waals surface area contributed by atoms with Gasteiger partial charge < -0.3 is 9.64 Å². The molecule has 0 bridgehead atoms. The van der Waals surface area contributed by atoms with Crippen LogP contribution in [0, 0.1) is 6.33 Å². The van der Waals surface area contributed by atoms with Gasteiger partial charge in [-0.25, -0.2) is 4.98 Å². The summed E-state index contributed by atoms with van der Waals surface area (Å²) in [5, 5.41) is 2.24. The molecule has 0 saturated carbocycles. The maximum absolute atomic E-state index is 6.93. The average Bonchev–Trinajstić information content (AvgIpc) is 2.17. The van der Waals surface area contributed by atoms with Gasteiger partial charge in [0.25, 0.3) is 6.33 Å². The molecule has 0 fully saturated rings. The van der Waals surface area contributed by atoms with Crippen molar-refractivity contribution in [2.45, 2.75) is 0 Å². The van der Waals surface area contributed by atoms with Gasteiger partial charge in [-0.3, -0.25) is 13.7 Å². The minimum Gasteiger partial charge on any atom is -0.458 e. The van der Waals surface area contributed by atoms with E-state index in [2.05, 4.69) is 328 Å². The first kappa shape index (κ1) is 49.5. The number of aromatic nitrogens is 4. The molecule has 398 valence electrons. The van der Waals surface area contributed by atoms with Crippen LogP contribution in [0.3, 0.4) is 0 Å². The van der Waals surface area contributed by atoms with E-state index in [1.54, 1.807) is 0 Å². The van der Waals surface area contributed by atoms with Crippen molar-refractivity contribution >= 4 is 73.0 Å². The number of para-hydroxylation sites is 6. The van der Waals surface area contributed by atoms with E-state index in [1.807, 2.05) is 12.3 Å². The monoisotopic (exact) mass is 1090 g/mol. The van der Waals surface area contributed by atoms with E-state index in [9.17, 15) is 0 Å². The number of nitrogens with zero attached hydrogens (tertiary/aromatic N) is 5. The molecule has 0 aliphatic carbocycles. The molecule has 1 aliphatic heterocycles. The van der Waals surface area contributed by atoms with Gasteiger partial charge in [-0.15, -0.1) is 0 Å². The predicted octanol–water partition coefficient (Wildman–Crippen LogP) is 17.0. The lowest BCUT2D eigenvalue weighted by Crippen LogP contribution is -2.58. The Balaban J connectivity index is 0.788. The van der Waals surface area contributed by atoms with E-state index in [-0.39, 0.29) is 6.71 Å². The molecule has 0 saturated heterocycles. The van der Waals surface area contributed by atoms with Gasteiger partial charge in [0.2, 0.25) is 6.71 Å². The Morgan fingerprint density at radius 3 is 1.52 bits per heavy atom. The van der Waals surface area contributed by atoms with Crippen molar-refractivity contribution in [2.75, 3.05) is 4.90 Å². The number of imidazole rings is 1. The number of pyridine rings is 1. The van der Waals surface area contributed by atoms with Gasteiger partial charge in [-0.2, -0.15) is 0 Å².